The topological polar surface area (TPSA) is 73.2 Å². The summed E-state index contributed by atoms with van der Waals surface area (Å²) in [6, 6.07) is 9.29. The molecule has 2 heterocycles. The van der Waals surface area contributed by atoms with Gasteiger partial charge in [0.15, 0.2) is 0 Å². The van der Waals surface area contributed by atoms with Gasteiger partial charge < -0.3 is 0 Å². The Bertz CT molecular complexity index is 666. The maximum Gasteiger partial charge on any atom is 0.216 e. The summed E-state index contributed by atoms with van der Waals surface area (Å²) in [6.07, 6.45) is 3.10. The van der Waals surface area contributed by atoms with Crippen LogP contribution in [0.5, 0.6) is 0 Å². The van der Waals surface area contributed by atoms with Crippen LogP contribution in [-0.4, -0.2) is 38.5 Å². The summed E-state index contributed by atoms with van der Waals surface area (Å²) >= 11 is 0. The van der Waals surface area contributed by atoms with Crippen LogP contribution in [0.4, 0.5) is 0 Å². The Morgan fingerprint density at radius 1 is 1.29 bits per heavy atom. The van der Waals surface area contributed by atoms with Crippen LogP contribution >= 0.6 is 0 Å². The molecule has 2 fully saturated rings. The third-order valence-corrected chi connectivity index (χ3v) is 5.77. The first-order valence-corrected chi connectivity index (χ1v) is 8.96. The van der Waals surface area contributed by atoms with E-state index in [2.05, 4.69) is 9.62 Å². The molecule has 0 saturated carbocycles. The van der Waals surface area contributed by atoms with Crippen LogP contribution in [0.15, 0.2) is 24.3 Å². The zero-order chi connectivity index (χ0) is 14.9. The second-order valence-corrected chi connectivity index (χ2v) is 7.54. The van der Waals surface area contributed by atoms with E-state index >= 15 is 0 Å². The summed E-state index contributed by atoms with van der Waals surface area (Å²) in [4.78, 5) is 2.37. The number of sulfonamides is 1. The molecule has 2 atom stereocenters. The van der Waals surface area contributed by atoms with Gasteiger partial charge in [-0.2, -0.15) is 5.26 Å². The molecule has 1 aromatic rings. The van der Waals surface area contributed by atoms with Crippen molar-refractivity contribution in [1.29, 1.82) is 5.26 Å². The summed E-state index contributed by atoms with van der Waals surface area (Å²) in [6.45, 7) is 2.06. The number of hydrogen-bond donors (Lipinski definition) is 1. The van der Waals surface area contributed by atoms with Gasteiger partial charge in [0.1, 0.15) is 0 Å². The van der Waals surface area contributed by atoms with Crippen molar-refractivity contribution in [2.75, 3.05) is 13.1 Å². The van der Waals surface area contributed by atoms with E-state index in [1.807, 2.05) is 6.07 Å². The van der Waals surface area contributed by atoms with Gasteiger partial charge in [0, 0.05) is 18.6 Å². The lowest BCUT2D eigenvalue weighted by atomic mass is 10.1. The Balaban J connectivity index is 1.71. The molecule has 6 heteroatoms. The minimum atomic E-state index is -3.42. The highest BCUT2D eigenvalue weighted by Gasteiger charge is 2.38. The van der Waals surface area contributed by atoms with Gasteiger partial charge in [-0.25, -0.2) is 13.1 Å². The second-order valence-electron chi connectivity index (χ2n) is 5.79. The number of fused-ring (bicyclic) bond motifs is 1. The average Bonchev–Trinajstić information content (AvgIpc) is 3.04. The van der Waals surface area contributed by atoms with Crippen molar-refractivity contribution < 1.29 is 8.42 Å². The number of hydrogen-bond acceptors (Lipinski definition) is 4. The van der Waals surface area contributed by atoms with Gasteiger partial charge in [-0.1, -0.05) is 18.2 Å². The monoisotopic (exact) mass is 305 g/mol. The molecule has 2 aliphatic heterocycles. The number of nitrogens with zero attached hydrogens (tertiary/aromatic N) is 2. The molecule has 0 aromatic heterocycles. The van der Waals surface area contributed by atoms with Crippen LogP contribution in [-0.2, 0) is 15.8 Å². The molecule has 2 unspecified atom stereocenters. The van der Waals surface area contributed by atoms with E-state index in [-0.39, 0.29) is 11.8 Å². The van der Waals surface area contributed by atoms with E-state index in [9.17, 15) is 8.42 Å². The lowest BCUT2D eigenvalue weighted by molar-refractivity contribution is 0.309. The second kappa shape index (κ2) is 5.76. The normalized spacial score (nSPS) is 25.7. The standard InChI is InChI=1S/C15H19N3O2S/c16-10-12-4-1-2-5-13(12)11-21(19,20)17-14-7-9-18-8-3-6-15(14)18/h1-2,4-5,14-15,17H,3,6-9,11H2. The molecule has 112 valence electrons. The first-order chi connectivity index (χ1) is 10.1. The Morgan fingerprint density at radius 3 is 2.90 bits per heavy atom. The van der Waals surface area contributed by atoms with Gasteiger partial charge >= 0.3 is 0 Å². The summed E-state index contributed by atoms with van der Waals surface area (Å²) in [5.74, 6) is -0.125. The van der Waals surface area contributed by atoms with Crippen molar-refractivity contribution in [2.45, 2.75) is 37.1 Å². The minimum absolute atomic E-state index is 0.0201. The van der Waals surface area contributed by atoms with Crippen LogP contribution in [0.3, 0.4) is 0 Å². The number of nitriles is 1. The van der Waals surface area contributed by atoms with Gasteiger partial charge in [-0.15, -0.1) is 0 Å². The maximum absolute atomic E-state index is 12.4. The molecule has 3 rings (SSSR count). The summed E-state index contributed by atoms with van der Waals surface area (Å²) in [5, 5.41) is 9.05. The highest BCUT2D eigenvalue weighted by molar-refractivity contribution is 7.88. The van der Waals surface area contributed by atoms with Crippen molar-refractivity contribution in [1.82, 2.24) is 9.62 Å². The Hall–Kier alpha value is -1.42. The predicted octanol–water partition coefficient (Wildman–Crippen LogP) is 1.21. The lowest BCUT2D eigenvalue weighted by Gasteiger charge is -2.21. The zero-order valence-corrected chi connectivity index (χ0v) is 12.6. The van der Waals surface area contributed by atoms with E-state index < -0.39 is 10.0 Å². The molecular formula is C15H19N3O2S. The Kier molecular flexibility index (Phi) is 3.98. The molecule has 0 spiro atoms. The molecule has 5 nitrogen and oxygen atoms in total. The van der Waals surface area contributed by atoms with Crippen molar-refractivity contribution in [2.24, 2.45) is 0 Å². The van der Waals surface area contributed by atoms with Gasteiger partial charge in [-0.3, -0.25) is 4.90 Å². The van der Waals surface area contributed by atoms with Gasteiger partial charge in [0.05, 0.1) is 17.4 Å². The van der Waals surface area contributed by atoms with Crippen LogP contribution in [0.25, 0.3) is 0 Å². The summed E-state index contributed by atoms with van der Waals surface area (Å²) < 4.78 is 27.6. The quantitative estimate of drug-likeness (QED) is 0.907. The van der Waals surface area contributed by atoms with Crippen LogP contribution < -0.4 is 4.72 Å². The van der Waals surface area contributed by atoms with Gasteiger partial charge in [0.2, 0.25) is 10.0 Å². The number of nitrogens with one attached hydrogen (secondary N) is 1. The zero-order valence-electron chi connectivity index (χ0n) is 11.8. The molecule has 1 aromatic carbocycles. The van der Waals surface area contributed by atoms with E-state index in [0.717, 1.165) is 32.4 Å². The fraction of sp³-hybridized carbons (Fsp3) is 0.533. The fourth-order valence-corrected chi connectivity index (χ4v) is 4.93. The van der Waals surface area contributed by atoms with E-state index in [1.165, 1.54) is 0 Å². The van der Waals surface area contributed by atoms with Gasteiger partial charge in [0.25, 0.3) is 0 Å². The summed E-state index contributed by atoms with van der Waals surface area (Å²) in [5.41, 5.74) is 0.991. The molecule has 0 amide bonds. The smallest absolute Gasteiger partial charge is 0.216 e. The summed E-state index contributed by atoms with van der Waals surface area (Å²) in [7, 11) is -3.42. The molecule has 2 saturated heterocycles. The van der Waals surface area contributed by atoms with Crippen LogP contribution in [0.1, 0.15) is 30.4 Å². The van der Waals surface area contributed by atoms with E-state index in [1.54, 1.807) is 24.3 Å². The van der Waals surface area contributed by atoms with Crippen LogP contribution in [0.2, 0.25) is 0 Å². The lowest BCUT2D eigenvalue weighted by Crippen LogP contribution is -2.42. The van der Waals surface area contributed by atoms with Crippen molar-refractivity contribution in [3.8, 4) is 6.07 Å². The van der Waals surface area contributed by atoms with Crippen molar-refractivity contribution in [3.05, 3.63) is 35.4 Å². The molecule has 0 radical (unpaired) electrons. The maximum atomic E-state index is 12.4. The predicted molar refractivity (Wildman–Crippen MR) is 79.9 cm³/mol. The molecular weight excluding hydrogens is 286 g/mol. The molecule has 2 aliphatic rings. The van der Waals surface area contributed by atoms with Gasteiger partial charge in [-0.05, 0) is 37.4 Å². The number of benzene rings is 1. The number of rotatable bonds is 4. The van der Waals surface area contributed by atoms with Crippen molar-refractivity contribution in [3.63, 3.8) is 0 Å². The third kappa shape index (κ3) is 3.10. The molecule has 21 heavy (non-hydrogen) atoms. The Labute approximate surface area is 125 Å². The average molecular weight is 305 g/mol. The highest BCUT2D eigenvalue weighted by atomic mass is 32.2. The molecule has 1 N–H and O–H groups in total. The largest absolute Gasteiger partial charge is 0.299 e. The van der Waals surface area contributed by atoms with E-state index in [4.69, 9.17) is 5.26 Å². The minimum Gasteiger partial charge on any atom is -0.299 e. The van der Waals surface area contributed by atoms with Crippen LogP contribution in [0, 0.1) is 11.3 Å². The highest BCUT2D eigenvalue weighted by Crippen LogP contribution is 2.28. The molecule has 0 bridgehead atoms. The molecule has 0 aliphatic carbocycles. The van der Waals surface area contributed by atoms with Crippen molar-refractivity contribution >= 4 is 10.0 Å². The third-order valence-electron chi connectivity index (χ3n) is 4.42. The SMILES string of the molecule is N#Cc1ccccc1CS(=O)(=O)NC1CCN2CCCC12. The van der Waals surface area contributed by atoms with E-state index in [0.29, 0.717) is 17.2 Å². The fourth-order valence-electron chi connectivity index (χ4n) is 3.45. The Morgan fingerprint density at radius 2 is 2.10 bits per heavy atom. The first-order valence-electron chi connectivity index (χ1n) is 7.31. The first kappa shape index (κ1) is 14.5.